The highest BCUT2D eigenvalue weighted by Crippen LogP contribution is 2.34. The van der Waals surface area contributed by atoms with Crippen molar-refractivity contribution in [2.45, 2.75) is 137 Å². The molecule has 0 unspecified atom stereocenters. The van der Waals surface area contributed by atoms with E-state index >= 15 is 0 Å². The summed E-state index contributed by atoms with van der Waals surface area (Å²) in [4.78, 5) is 0. The molecule has 0 aliphatic heterocycles. The monoisotopic (exact) mass is 420 g/mol. The van der Waals surface area contributed by atoms with Crippen molar-refractivity contribution in [3.63, 3.8) is 0 Å². The Morgan fingerprint density at radius 1 is 0.630 bits per heavy atom. The predicted octanol–water partition coefficient (Wildman–Crippen LogP) is 6.78. The van der Waals surface area contributed by atoms with E-state index in [-0.39, 0.29) is 23.4 Å². The van der Waals surface area contributed by atoms with E-state index in [0.717, 1.165) is 30.6 Å². The molecule has 6 heteroatoms. The molecule has 0 fully saturated rings. The second kappa shape index (κ2) is 10.9. The molecule has 4 nitrogen and oxygen atoms in total. The highest BCUT2D eigenvalue weighted by atomic mass is 28.4. The number of rotatable bonds is 12. The summed E-state index contributed by atoms with van der Waals surface area (Å²) in [6, 6.07) is 3.91. The lowest BCUT2D eigenvalue weighted by Gasteiger charge is -2.41. The van der Waals surface area contributed by atoms with Gasteiger partial charge in [-0.3, -0.25) is 0 Å². The first-order chi connectivity index (χ1) is 12.1. The van der Waals surface area contributed by atoms with Crippen LogP contribution < -0.4 is 0 Å². The summed E-state index contributed by atoms with van der Waals surface area (Å²) >= 11 is 0. The summed E-state index contributed by atoms with van der Waals surface area (Å²) < 4.78 is 26.0. The normalized spacial score (nSPS) is 14.4. The first-order valence-electron chi connectivity index (χ1n) is 10.8. The molecule has 0 saturated heterocycles. The molecule has 0 saturated carbocycles. The zero-order valence-corrected chi connectivity index (χ0v) is 22.3. The van der Waals surface area contributed by atoms with Crippen LogP contribution in [0.4, 0.5) is 0 Å². The Kier molecular flexibility index (Phi) is 11.0. The van der Waals surface area contributed by atoms with Crippen molar-refractivity contribution in [3.8, 4) is 0 Å². The van der Waals surface area contributed by atoms with Crippen LogP contribution in [0.2, 0.25) is 24.2 Å². The average molecular weight is 421 g/mol. The maximum atomic E-state index is 6.61. The van der Waals surface area contributed by atoms with Gasteiger partial charge < -0.3 is 17.7 Å². The quantitative estimate of drug-likeness (QED) is 0.326. The largest absolute Gasteiger partial charge is 0.392 e. The van der Waals surface area contributed by atoms with Gasteiger partial charge in [-0.2, -0.15) is 0 Å². The van der Waals surface area contributed by atoms with Gasteiger partial charge in [0, 0.05) is 12.2 Å². The molecule has 0 aliphatic carbocycles. The SMILES string of the molecule is CC[Si](CCC[Si](CC)(OC(C)(C)C)OC(C)(C)C)(OC(C)C)OC(C)C. The molecule has 0 spiro atoms. The summed E-state index contributed by atoms with van der Waals surface area (Å²) in [6.07, 6.45) is 1.42. The van der Waals surface area contributed by atoms with Crippen molar-refractivity contribution in [1.29, 1.82) is 0 Å². The number of hydrogen-bond acceptors (Lipinski definition) is 4. The summed E-state index contributed by atoms with van der Waals surface area (Å²) in [7, 11) is -4.54. The third-order valence-corrected chi connectivity index (χ3v) is 12.2. The zero-order valence-electron chi connectivity index (χ0n) is 20.3. The number of hydrogen-bond donors (Lipinski definition) is 0. The second-order valence-corrected chi connectivity index (χ2v) is 17.1. The van der Waals surface area contributed by atoms with E-state index in [9.17, 15) is 0 Å². The first-order valence-corrected chi connectivity index (χ1v) is 15.3. The summed E-state index contributed by atoms with van der Waals surface area (Å²) in [5, 5.41) is 0. The Labute approximate surface area is 172 Å². The van der Waals surface area contributed by atoms with Gasteiger partial charge >= 0.3 is 17.1 Å². The van der Waals surface area contributed by atoms with Crippen LogP contribution in [0.1, 0.15) is 89.5 Å². The minimum absolute atomic E-state index is 0.195. The summed E-state index contributed by atoms with van der Waals surface area (Å²) in [5.41, 5.74) is -0.398. The van der Waals surface area contributed by atoms with Crippen LogP contribution in [0.15, 0.2) is 0 Å². The van der Waals surface area contributed by atoms with Crippen molar-refractivity contribution in [2.24, 2.45) is 0 Å². The van der Waals surface area contributed by atoms with Crippen LogP contribution in [0.5, 0.6) is 0 Å². The van der Waals surface area contributed by atoms with Gasteiger partial charge in [-0.25, -0.2) is 0 Å². The first kappa shape index (κ1) is 27.3. The highest BCUT2D eigenvalue weighted by molar-refractivity contribution is 6.69. The second-order valence-electron chi connectivity index (χ2n) is 10.1. The lowest BCUT2D eigenvalue weighted by molar-refractivity contribution is 0.0142. The van der Waals surface area contributed by atoms with Gasteiger partial charge in [-0.15, -0.1) is 0 Å². The minimum Gasteiger partial charge on any atom is -0.392 e. The smallest absolute Gasteiger partial charge is 0.338 e. The summed E-state index contributed by atoms with van der Waals surface area (Å²) in [5.74, 6) is 0. The fourth-order valence-corrected chi connectivity index (χ4v) is 11.1. The standard InChI is InChI=1S/C21H48O4Si2/c1-13-26(22-18(3)4,23-19(5)6)16-15-17-27(14-2,24-20(7,8)9)25-21(10,11)12/h18-19H,13-17H2,1-12H3. The van der Waals surface area contributed by atoms with Crippen LogP contribution in [0.25, 0.3) is 0 Å². The predicted molar refractivity (Wildman–Crippen MR) is 121 cm³/mol. The molecule has 0 rings (SSSR count). The molecule has 27 heavy (non-hydrogen) atoms. The molecule has 0 aromatic heterocycles. The molecule has 0 aromatic rings. The van der Waals surface area contributed by atoms with Crippen LogP contribution in [0.3, 0.4) is 0 Å². The van der Waals surface area contributed by atoms with Crippen LogP contribution in [-0.4, -0.2) is 40.5 Å². The van der Waals surface area contributed by atoms with Gasteiger partial charge in [0.25, 0.3) is 0 Å². The van der Waals surface area contributed by atoms with E-state index in [2.05, 4.69) is 83.1 Å². The molecule has 0 amide bonds. The Morgan fingerprint density at radius 3 is 1.22 bits per heavy atom. The summed E-state index contributed by atoms with van der Waals surface area (Å²) in [6.45, 7) is 25.6. The fraction of sp³-hybridized carbons (Fsp3) is 1.00. The molecule has 164 valence electrons. The molecule has 0 aliphatic rings. The maximum absolute atomic E-state index is 6.61. The third kappa shape index (κ3) is 11.8. The molecule has 0 atom stereocenters. The van der Waals surface area contributed by atoms with Gasteiger partial charge in [0.1, 0.15) is 0 Å². The van der Waals surface area contributed by atoms with Crippen molar-refractivity contribution in [1.82, 2.24) is 0 Å². The Hall–Kier alpha value is 0.274. The molecule has 0 heterocycles. The van der Waals surface area contributed by atoms with Crippen molar-refractivity contribution in [3.05, 3.63) is 0 Å². The Bertz CT molecular complexity index is 385. The Balaban J connectivity index is 5.36. The van der Waals surface area contributed by atoms with Gasteiger partial charge in [0.15, 0.2) is 0 Å². The lowest BCUT2D eigenvalue weighted by Crippen LogP contribution is -2.51. The third-order valence-electron chi connectivity index (χ3n) is 4.08. The molecule has 0 N–H and O–H groups in total. The minimum atomic E-state index is -2.32. The fourth-order valence-electron chi connectivity index (χ4n) is 3.54. The highest BCUT2D eigenvalue weighted by Gasteiger charge is 2.44. The molecule has 0 bridgehead atoms. The van der Waals surface area contributed by atoms with E-state index in [1.807, 2.05) is 0 Å². The average Bonchev–Trinajstić information content (AvgIpc) is 2.42. The molecular weight excluding hydrogens is 372 g/mol. The van der Waals surface area contributed by atoms with Gasteiger partial charge in [0.05, 0.1) is 11.2 Å². The molecule has 0 radical (unpaired) electrons. The molecular formula is C21H48O4Si2. The lowest BCUT2D eigenvalue weighted by atomic mass is 10.2. The van der Waals surface area contributed by atoms with Crippen LogP contribution in [0, 0.1) is 0 Å². The van der Waals surface area contributed by atoms with Crippen molar-refractivity contribution < 1.29 is 17.7 Å². The zero-order chi connectivity index (χ0) is 21.5. The van der Waals surface area contributed by atoms with E-state index in [1.54, 1.807) is 0 Å². The topological polar surface area (TPSA) is 36.9 Å². The van der Waals surface area contributed by atoms with E-state index in [0.29, 0.717) is 0 Å². The maximum Gasteiger partial charge on any atom is 0.338 e. The van der Waals surface area contributed by atoms with Crippen LogP contribution in [-0.2, 0) is 17.7 Å². The van der Waals surface area contributed by atoms with Gasteiger partial charge in [-0.1, -0.05) is 13.8 Å². The van der Waals surface area contributed by atoms with E-state index in [1.165, 1.54) is 0 Å². The van der Waals surface area contributed by atoms with E-state index in [4.69, 9.17) is 17.7 Å². The van der Waals surface area contributed by atoms with Gasteiger partial charge in [0.2, 0.25) is 0 Å². The van der Waals surface area contributed by atoms with Crippen molar-refractivity contribution in [2.75, 3.05) is 0 Å². The van der Waals surface area contributed by atoms with Crippen molar-refractivity contribution >= 4 is 17.1 Å². The van der Waals surface area contributed by atoms with Gasteiger partial charge in [-0.05, 0) is 99.8 Å². The van der Waals surface area contributed by atoms with Crippen LogP contribution >= 0.6 is 0 Å². The van der Waals surface area contributed by atoms with E-state index < -0.39 is 17.1 Å². The molecule has 0 aromatic carbocycles. The Morgan fingerprint density at radius 2 is 0.963 bits per heavy atom.